The Morgan fingerprint density at radius 1 is 0.976 bits per heavy atom. The minimum absolute atomic E-state index is 0.105. The quantitative estimate of drug-likeness (QED) is 0.0773. The number of benzene rings is 3. The van der Waals surface area contributed by atoms with Crippen molar-refractivity contribution in [1.29, 1.82) is 0 Å². The highest BCUT2D eigenvalue weighted by Gasteiger charge is 2.48. The summed E-state index contributed by atoms with van der Waals surface area (Å²) in [7, 11) is 0. The first-order chi connectivity index (χ1) is 19.8. The molecule has 0 saturated carbocycles. The molecule has 8 nitrogen and oxygen atoms in total. The molecule has 0 spiro atoms. The number of carbonyl (C=O) groups is 2. The number of fused-ring (bicyclic) bond motifs is 1. The van der Waals surface area contributed by atoms with Gasteiger partial charge in [0.05, 0.1) is 11.6 Å². The fraction of sp³-hybridized carbons (Fsp3) is 0.143. The van der Waals surface area contributed by atoms with Crippen molar-refractivity contribution in [2.45, 2.75) is 16.1 Å². The van der Waals surface area contributed by atoms with E-state index in [2.05, 4.69) is 10.2 Å². The number of aromatic nitrogens is 2. The van der Waals surface area contributed by atoms with Gasteiger partial charge in [-0.3, -0.25) is 14.5 Å². The second-order valence-electron chi connectivity index (χ2n) is 8.96. The van der Waals surface area contributed by atoms with Gasteiger partial charge in [0.1, 0.15) is 19.0 Å². The predicted molar refractivity (Wildman–Crippen MR) is 160 cm³/mol. The van der Waals surface area contributed by atoms with Gasteiger partial charge in [-0.05, 0) is 53.6 Å². The van der Waals surface area contributed by atoms with Gasteiger partial charge in [0.25, 0.3) is 5.78 Å². The van der Waals surface area contributed by atoms with Crippen molar-refractivity contribution < 1.29 is 24.2 Å². The summed E-state index contributed by atoms with van der Waals surface area (Å²) in [6.07, 6.45) is 0. The minimum atomic E-state index is -1.00. The summed E-state index contributed by atoms with van der Waals surface area (Å²) >= 11 is 21.1. The molecule has 41 heavy (non-hydrogen) atoms. The number of hydrogen-bond acceptors (Lipinski definition) is 9. The monoisotopic (exact) mass is 645 g/mol. The van der Waals surface area contributed by atoms with Gasteiger partial charge in [0, 0.05) is 26.4 Å². The van der Waals surface area contributed by atoms with Gasteiger partial charge in [-0.15, -0.1) is 10.2 Å². The fourth-order valence-electron chi connectivity index (χ4n) is 4.50. The van der Waals surface area contributed by atoms with Crippen LogP contribution in [0.5, 0.6) is 11.5 Å². The van der Waals surface area contributed by atoms with Crippen LogP contribution in [-0.4, -0.2) is 40.2 Å². The van der Waals surface area contributed by atoms with Gasteiger partial charge < -0.3 is 14.6 Å². The van der Waals surface area contributed by atoms with E-state index in [1.54, 1.807) is 54.6 Å². The van der Waals surface area contributed by atoms with Crippen LogP contribution in [-0.2, 0) is 15.3 Å². The van der Waals surface area contributed by atoms with E-state index in [0.717, 1.165) is 16.9 Å². The number of hydrogen-bond donors (Lipinski definition) is 1. The summed E-state index contributed by atoms with van der Waals surface area (Å²) in [5.74, 6) is -0.615. The highest BCUT2D eigenvalue weighted by atomic mass is 35.5. The number of halogens is 3. The number of nitrogens with zero attached hydrogens (tertiary/aromatic N) is 3. The Morgan fingerprint density at radius 3 is 2.54 bits per heavy atom. The van der Waals surface area contributed by atoms with Gasteiger partial charge in [0.2, 0.25) is 5.13 Å². The molecule has 208 valence electrons. The van der Waals surface area contributed by atoms with E-state index in [1.165, 1.54) is 16.7 Å². The molecule has 6 rings (SSSR count). The van der Waals surface area contributed by atoms with Crippen LogP contribution in [0.2, 0.25) is 15.1 Å². The molecule has 0 bridgehead atoms. The van der Waals surface area contributed by atoms with E-state index in [4.69, 9.17) is 44.3 Å². The number of anilines is 1. The molecule has 1 atom stereocenters. The van der Waals surface area contributed by atoms with Crippen LogP contribution in [0.15, 0.2) is 70.6 Å². The van der Waals surface area contributed by atoms with Gasteiger partial charge in [-0.2, -0.15) is 0 Å². The Hall–Kier alpha value is -3.28. The molecule has 1 aromatic heterocycles. The molecular formula is C28H18Cl3N3O5S2. The molecule has 1 fully saturated rings. The molecule has 3 heterocycles. The van der Waals surface area contributed by atoms with Crippen LogP contribution in [0.1, 0.15) is 22.7 Å². The topological polar surface area (TPSA) is 102 Å². The Kier molecular flexibility index (Phi) is 7.84. The Bertz CT molecular complexity index is 1730. The van der Waals surface area contributed by atoms with Crippen LogP contribution >= 0.6 is 57.9 Å². The van der Waals surface area contributed by atoms with Crippen LogP contribution < -0.4 is 14.4 Å². The lowest BCUT2D eigenvalue weighted by Gasteiger charge is -2.23. The number of rotatable bonds is 6. The zero-order valence-electron chi connectivity index (χ0n) is 20.8. The molecule has 3 aromatic carbocycles. The Balaban J connectivity index is 1.38. The molecule has 13 heteroatoms. The SMILES string of the molecule is O=C1C(=O)N(c2nnc(SCc3ccc(Cl)cc3Cl)s2)C(c2cccc(Cl)c2)/C1=C(\O)c1ccc2c(c1)OCCO2. The summed E-state index contributed by atoms with van der Waals surface area (Å²) < 4.78 is 11.8. The van der Waals surface area contributed by atoms with E-state index in [1.807, 2.05) is 6.07 Å². The van der Waals surface area contributed by atoms with Crippen LogP contribution in [0.3, 0.4) is 0 Å². The van der Waals surface area contributed by atoms with Crippen molar-refractivity contribution in [1.82, 2.24) is 10.2 Å². The van der Waals surface area contributed by atoms with Crippen molar-refractivity contribution >= 4 is 80.5 Å². The third-order valence-electron chi connectivity index (χ3n) is 6.39. The smallest absolute Gasteiger partial charge is 0.301 e. The standard InChI is InChI=1S/C28H18Cl3N3O5S2/c29-17-3-1-2-14(10-17)23-22(24(35)15-5-7-20-21(11-15)39-9-8-38-20)25(36)26(37)34(23)27-32-33-28(41-27)40-13-16-4-6-18(30)12-19(16)31/h1-7,10-12,23,35H,8-9,13H2/b24-22+. The van der Waals surface area contributed by atoms with E-state index in [-0.39, 0.29) is 16.5 Å². The highest BCUT2D eigenvalue weighted by Crippen LogP contribution is 2.45. The molecule has 0 aliphatic carbocycles. The van der Waals surface area contributed by atoms with Gasteiger partial charge in [0.15, 0.2) is 15.8 Å². The van der Waals surface area contributed by atoms with Crippen LogP contribution in [0, 0.1) is 0 Å². The summed E-state index contributed by atoms with van der Waals surface area (Å²) in [4.78, 5) is 28.2. The van der Waals surface area contributed by atoms with Crippen LogP contribution in [0.25, 0.3) is 5.76 Å². The Labute approximate surface area is 257 Å². The molecule has 1 saturated heterocycles. The maximum Gasteiger partial charge on any atom is 0.301 e. The zero-order chi connectivity index (χ0) is 28.7. The van der Waals surface area contributed by atoms with Gasteiger partial charge in [-0.1, -0.05) is 76.1 Å². The highest BCUT2D eigenvalue weighted by molar-refractivity contribution is 8.00. The first-order valence-corrected chi connectivity index (χ1v) is 15.1. The number of amides is 1. The van der Waals surface area contributed by atoms with Gasteiger partial charge >= 0.3 is 5.91 Å². The number of aliphatic hydroxyl groups is 1. The average molecular weight is 647 g/mol. The second-order valence-corrected chi connectivity index (χ2v) is 12.4. The Morgan fingerprint density at radius 2 is 1.76 bits per heavy atom. The van der Waals surface area contributed by atoms with E-state index < -0.39 is 17.7 Å². The molecule has 0 radical (unpaired) electrons. The lowest BCUT2D eigenvalue weighted by atomic mass is 9.95. The second kappa shape index (κ2) is 11.5. The largest absolute Gasteiger partial charge is 0.507 e. The van der Waals surface area contributed by atoms with E-state index in [9.17, 15) is 14.7 Å². The van der Waals surface area contributed by atoms with Crippen LogP contribution in [0.4, 0.5) is 5.13 Å². The maximum absolute atomic E-state index is 13.5. The van der Waals surface area contributed by atoms with Gasteiger partial charge in [-0.25, -0.2) is 0 Å². The minimum Gasteiger partial charge on any atom is -0.507 e. The lowest BCUT2D eigenvalue weighted by molar-refractivity contribution is -0.132. The number of thioether (sulfide) groups is 1. The molecule has 1 amide bonds. The molecule has 4 aromatic rings. The summed E-state index contributed by atoms with van der Waals surface area (Å²) in [6.45, 7) is 0.763. The van der Waals surface area contributed by atoms with E-state index in [0.29, 0.717) is 61.0 Å². The van der Waals surface area contributed by atoms with Crippen molar-refractivity contribution in [2.24, 2.45) is 0 Å². The first-order valence-electron chi connectivity index (χ1n) is 12.2. The van der Waals surface area contributed by atoms with Crippen molar-refractivity contribution in [3.8, 4) is 11.5 Å². The average Bonchev–Trinajstić information content (AvgIpc) is 3.53. The zero-order valence-corrected chi connectivity index (χ0v) is 24.7. The predicted octanol–water partition coefficient (Wildman–Crippen LogP) is 7.19. The number of Topliss-reactive ketones (excluding diaryl/α,β-unsaturated/α-hetero) is 1. The maximum atomic E-state index is 13.5. The molecule has 2 aliphatic heterocycles. The molecule has 1 unspecified atom stereocenters. The lowest BCUT2D eigenvalue weighted by Crippen LogP contribution is -2.29. The number of carbonyl (C=O) groups excluding carboxylic acids is 2. The van der Waals surface area contributed by atoms with Crippen molar-refractivity contribution in [3.63, 3.8) is 0 Å². The molecule has 1 N–H and O–H groups in total. The molecular weight excluding hydrogens is 629 g/mol. The normalized spacial score (nSPS) is 17.7. The number of ketones is 1. The third kappa shape index (κ3) is 5.50. The first kappa shape index (κ1) is 27.9. The summed E-state index contributed by atoms with van der Waals surface area (Å²) in [5, 5.41) is 21.5. The molecule has 2 aliphatic rings. The number of aliphatic hydroxyl groups excluding tert-OH is 1. The summed E-state index contributed by atoms with van der Waals surface area (Å²) in [5.41, 5.74) is 1.57. The van der Waals surface area contributed by atoms with E-state index >= 15 is 0 Å². The van der Waals surface area contributed by atoms with Crippen molar-refractivity contribution in [3.05, 3.63) is 98.0 Å². The number of ether oxygens (including phenoxy) is 2. The van der Waals surface area contributed by atoms with Crippen molar-refractivity contribution in [2.75, 3.05) is 18.1 Å². The fourth-order valence-corrected chi connectivity index (χ4v) is 7.13. The third-order valence-corrected chi connectivity index (χ3v) is 9.32. The summed E-state index contributed by atoms with van der Waals surface area (Å²) in [6, 6.07) is 15.8.